The van der Waals surface area contributed by atoms with Crippen LogP contribution in [0.1, 0.15) is 22.0 Å². The van der Waals surface area contributed by atoms with Crippen LogP contribution < -0.4 is 11.5 Å². The Morgan fingerprint density at radius 3 is 2.83 bits per heavy atom. The van der Waals surface area contributed by atoms with Gasteiger partial charge >= 0.3 is 0 Å². The molecule has 0 saturated heterocycles. The van der Waals surface area contributed by atoms with Crippen molar-refractivity contribution in [3.8, 4) is 0 Å². The van der Waals surface area contributed by atoms with E-state index in [4.69, 9.17) is 23.1 Å². The molecule has 7 heteroatoms. The first-order valence-electron chi connectivity index (χ1n) is 5.18. The van der Waals surface area contributed by atoms with Crippen LogP contribution in [0, 0.1) is 0 Å². The number of rotatable bonds is 3. The highest BCUT2D eigenvalue weighted by molar-refractivity contribution is 6.31. The molecule has 2 aromatic heterocycles. The average molecular weight is 266 g/mol. The van der Waals surface area contributed by atoms with E-state index in [1.165, 1.54) is 18.5 Å². The lowest BCUT2D eigenvalue weighted by atomic mass is 10.0. The van der Waals surface area contributed by atoms with E-state index in [2.05, 4.69) is 10.1 Å². The summed E-state index contributed by atoms with van der Waals surface area (Å²) in [6, 6.07) is 0.629. The van der Waals surface area contributed by atoms with E-state index in [1.54, 1.807) is 17.9 Å². The first-order chi connectivity index (χ1) is 8.49. The molecular weight excluding hydrogens is 254 g/mol. The Kier molecular flexibility index (Phi) is 3.31. The van der Waals surface area contributed by atoms with Crippen molar-refractivity contribution in [1.82, 2.24) is 14.8 Å². The molecule has 0 bridgehead atoms. The highest BCUT2D eigenvalue weighted by atomic mass is 35.5. The number of pyridine rings is 1. The molecule has 0 aliphatic carbocycles. The van der Waals surface area contributed by atoms with Gasteiger partial charge in [-0.05, 0) is 6.07 Å². The second-order valence-electron chi connectivity index (χ2n) is 3.88. The predicted molar refractivity (Wildman–Crippen MR) is 68.1 cm³/mol. The van der Waals surface area contributed by atoms with Gasteiger partial charge in [0, 0.05) is 25.0 Å². The Balaban J connectivity index is 2.33. The Hall–Kier alpha value is -1.92. The number of nitrogen functional groups attached to an aromatic ring is 1. The van der Waals surface area contributed by atoms with Gasteiger partial charge in [-0.3, -0.25) is 9.48 Å². The van der Waals surface area contributed by atoms with E-state index in [0.29, 0.717) is 10.6 Å². The van der Waals surface area contributed by atoms with E-state index in [9.17, 15) is 4.79 Å². The molecule has 0 amide bonds. The fraction of sp³-hybridized carbons (Fsp3) is 0.182. The Labute approximate surface area is 109 Å². The maximum atomic E-state index is 12.2. The van der Waals surface area contributed by atoms with Gasteiger partial charge in [0.05, 0.1) is 22.8 Å². The SMILES string of the molecule is Cn1cc(C(N)C(=O)c2cc(Cl)cnc2N)cn1. The molecule has 18 heavy (non-hydrogen) atoms. The van der Waals surface area contributed by atoms with Gasteiger partial charge < -0.3 is 11.5 Å². The van der Waals surface area contributed by atoms with Gasteiger partial charge in [-0.2, -0.15) is 5.10 Å². The van der Waals surface area contributed by atoms with Crippen LogP contribution in [0.4, 0.5) is 5.82 Å². The van der Waals surface area contributed by atoms with Crippen LogP contribution in [0.5, 0.6) is 0 Å². The van der Waals surface area contributed by atoms with Crippen LogP contribution >= 0.6 is 11.6 Å². The van der Waals surface area contributed by atoms with Gasteiger partial charge in [0.15, 0.2) is 5.78 Å². The van der Waals surface area contributed by atoms with Crippen molar-refractivity contribution in [2.75, 3.05) is 5.73 Å². The highest BCUT2D eigenvalue weighted by Gasteiger charge is 2.21. The van der Waals surface area contributed by atoms with Crippen molar-refractivity contribution in [3.63, 3.8) is 0 Å². The summed E-state index contributed by atoms with van der Waals surface area (Å²) < 4.78 is 1.57. The Morgan fingerprint density at radius 1 is 1.50 bits per heavy atom. The van der Waals surface area contributed by atoms with Crippen molar-refractivity contribution in [2.45, 2.75) is 6.04 Å². The lowest BCUT2D eigenvalue weighted by Crippen LogP contribution is -2.22. The van der Waals surface area contributed by atoms with Crippen molar-refractivity contribution in [3.05, 3.63) is 40.8 Å². The molecule has 4 N–H and O–H groups in total. The molecule has 0 saturated carbocycles. The third kappa shape index (κ3) is 2.34. The number of carbonyl (C=O) groups excluding carboxylic acids is 1. The summed E-state index contributed by atoms with van der Waals surface area (Å²) >= 11 is 5.79. The second-order valence-corrected chi connectivity index (χ2v) is 4.31. The first kappa shape index (κ1) is 12.5. The molecular formula is C11H12ClN5O. The summed E-state index contributed by atoms with van der Waals surface area (Å²) in [5.41, 5.74) is 12.4. The maximum absolute atomic E-state index is 12.2. The summed E-state index contributed by atoms with van der Waals surface area (Å²) in [5.74, 6) is -0.223. The predicted octanol–water partition coefficient (Wildman–Crippen LogP) is 0.933. The minimum Gasteiger partial charge on any atom is -0.383 e. The first-order valence-corrected chi connectivity index (χ1v) is 5.56. The smallest absolute Gasteiger partial charge is 0.187 e. The maximum Gasteiger partial charge on any atom is 0.187 e. The summed E-state index contributed by atoms with van der Waals surface area (Å²) in [6.07, 6.45) is 4.59. The number of nitrogens with zero attached hydrogens (tertiary/aromatic N) is 3. The lowest BCUT2D eigenvalue weighted by molar-refractivity contribution is 0.0962. The number of nitrogens with two attached hydrogens (primary N) is 2. The zero-order valence-electron chi connectivity index (χ0n) is 9.67. The number of aryl methyl sites for hydroxylation is 1. The molecule has 2 heterocycles. The van der Waals surface area contributed by atoms with Gasteiger partial charge in [-0.15, -0.1) is 0 Å². The fourth-order valence-corrected chi connectivity index (χ4v) is 1.72. The molecule has 0 aromatic carbocycles. The Bertz CT molecular complexity index is 595. The van der Waals surface area contributed by atoms with Crippen LogP contribution in [0.25, 0.3) is 0 Å². The molecule has 0 radical (unpaired) electrons. The topological polar surface area (TPSA) is 99.8 Å². The van der Waals surface area contributed by atoms with Crippen molar-refractivity contribution in [1.29, 1.82) is 0 Å². The van der Waals surface area contributed by atoms with E-state index < -0.39 is 6.04 Å². The van der Waals surface area contributed by atoms with Crippen molar-refractivity contribution >= 4 is 23.2 Å². The van der Waals surface area contributed by atoms with Crippen LogP contribution in [0.15, 0.2) is 24.7 Å². The minimum absolute atomic E-state index is 0.115. The van der Waals surface area contributed by atoms with Crippen LogP contribution in [0.2, 0.25) is 5.02 Å². The van der Waals surface area contributed by atoms with Gasteiger partial charge in [0.25, 0.3) is 0 Å². The Morgan fingerprint density at radius 2 is 2.22 bits per heavy atom. The third-order valence-electron chi connectivity index (χ3n) is 2.52. The van der Waals surface area contributed by atoms with E-state index in [0.717, 1.165) is 0 Å². The molecule has 6 nitrogen and oxygen atoms in total. The van der Waals surface area contributed by atoms with Crippen molar-refractivity contribution in [2.24, 2.45) is 12.8 Å². The van der Waals surface area contributed by atoms with Gasteiger partial charge in [-0.25, -0.2) is 4.98 Å². The zero-order valence-corrected chi connectivity index (χ0v) is 10.4. The number of Topliss-reactive ketones (excluding diaryl/α,β-unsaturated/α-hetero) is 1. The molecule has 0 aliphatic rings. The molecule has 2 aromatic rings. The highest BCUT2D eigenvalue weighted by Crippen LogP contribution is 2.21. The molecule has 0 fully saturated rings. The van der Waals surface area contributed by atoms with Crippen molar-refractivity contribution < 1.29 is 4.79 Å². The van der Waals surface area contributed by atoms with Gasteiger partial charge in [0.1, 0.15) is 5.82 Å². The quantitative estimate of drug-likeness (QED) is 0.805. The third-order valence-corrected chi connectivity index (χ3v) is 2.72. The molecule has 0 aliphatic heterocycles. The second kappa shape index (κ2) is 4.75. The number of carbonyl (C=O) groups is 1. The number of halogens is 1. The van der Waals surface area contributed by atoms with E-state index in [1.807, 2.05) is 0 Å². The summed E-state index contributed by atoms with van der Waals surface area (Å²) in [6.45, 7) is 0. The van der Waals surface area contributed by atoms with Crippen LogP contribution in [0.3, 0.4) is 0 Å². The van der Waals surface area contributed by atoms with Gasteiger partial charge in [-0.1, -0.05) is 11.6 Å². The average Bonchev–Trinajstić information content (AvgIpc) is 2.77. The monoisotopic (exact) mass is 265 g/mol. The molecule has 94 valence electrons. The number of anilines is 1. The molecule has 2 rings (SSSR count). The summed E-state index contributed by atoms with van der Waals surface area (Å²) in [5, 5.41) is 4.30. The van der Waals surface area contributed by atoms with E-state index >= 15 is 0 Å². The summed E-state index contributed by atoms with van der Waals surface area (Å²) in [7, 11) is 1.75. The minimum atomic E-state index is -0.832. The number of hydrogen-bond acceptors (Lipinski definition) is 5. The summed E-state index contributed by atoms with van der Waals surface area (Å²) in [4.78, 5) is 16.0. The zero-order chi connectivity index (χ0) is 13.3. The van der Waals surface area contributed by atoms with E-state index in [-0.39, 0.29) is 17.2 Å². The normalized spacial score (nSPS) is 12.4. The largest absolute Gasteiger partial charge is 0.383 e. The lowest BCUT2D eigenvalue weighted by Gasteiger charge is -2.10. The number of aromatic nitrogens is 3. The van der Waals surface area contributed by atoms with Crippen LogP contribution in [-0.2, 0) is 7.05 Å². The number of hydrogen-bond donors (Lipinski definition) is 2. The fourth-order valence-electron chi connectivity index (χ4n) is 1.57. The molecule has 1 atom stereocenters. The van der Waals surface area contributed by atoms with Gasteiger partial charge in [0.2, 0.25) is 0 Å². The number of ketones is 1. The van der Waals surface area contributed by atoms with Crippen LogP contribution in [-0.4, -0.2) is 20.5 Å². The molecule has 0 spiro atoms. The standard InChI is InChI=1S/C11H12ClN5O/c1-17-5-6(3-16-17)9(13)10(18)8-2-7(12)4-15-11(8)14/h2-5,9H,13H2,1H3,(H2,14,15). The molecule has 1 unspecified atom stereocenters.